The van der Waals surface area contributed by atoms with Crippen molar-refractivity contribution < 1.29 is 53.5 Å². The van der Waals surface area contributed by atoms with E-state index in [-0.39, 0.29) is 61.5 Å². The van der Waals surface area contributed by atoms with Gasteiger partial charge >= 0.3 is 6.03 Å². The number of primary amides is 1. The second-order valence-corrected chi connectivity index (χ2v) is 17.5. The van der Waals surface area contributed by atoms with Gasteiger partial charge < -0.3 is 53.4 Å². The Labute approximate surface area is 355 Å². The highest BCUT2D eigenvalue weighted by Crippen LogP contribution is 2.33. The molecule has 2 rings (SSSR count). The van der Waals surface area contributed by atoms with Gasteiger partial charge in [-0.1, -0.05) is 34.1 Å². The van der Waals surface area contributed by atoms with Crippen LogP contribution in [0.3, 0.4) is 0 Å². The Morgan fingerprint density at radius 1 is 0.750 bits per heavy atom. The molecule has 2 aliphatic rings. The minimum Gasteiger partial charge on any atom is -0.391 e. The molecule has 2 saturated heterocycles. The Morgan fingerprint density at radius 2 is 1.43 bits per heavy atom. The summed E-state index contributed by atoms with van der Waals surface area (Å²) in [5, 5.41) is 40.4. The first-order valence-electron chi connectivity index (χ1n) is 20.6. The number of nitrogens with two attached hydrogens (primary N) is 1. The molecule has 60 heavy (non-hydrogen) atoms. The molecule has 0 radical (unpaired) electrons. The van der Waals surface area contributed by atoms with Gasteiger partial charge in [0.2, 0.25) is 47.3 Å². The number of nitrogens with one attached hydrogen (secondary N) is 9. The highest BCUT2D eigenvalue weighted by atomic mass is 32.2. The van der Waals surface area contributed by atoms with Crippen molar-refractivity contribution in [2.45, 2.75) is 140 Å². The van der Waals surface area contributed by atoms with Crippen molar-refractivity contribution in [3.8, 4) is 0 Å². The predicted octanol–water partition coefficient (Wildman–Crippen LogP) is -1.84. The van der Waals surface area contributed by atoms with Crippen molar-refractivity contribution in [2.75, 3.05) is 25.4 Å². The molecule has 21 nitrogen and oxygen atoms in total. The predicted molar refractivity (Wildman–Crippen MR) is 220 cm³/mol. The van der Waals surface area contributed by atoms with Crippen molar-refractivity contribution in [3.05, 3.63) is 0 Å². The number of rotatable bonds is 28. The molecule has 8 atom stereocenters. The second-order valence-electron chi connectivity index (χ2n) is 16.2. The lowest BCUT2D eigenvalue weighted by molar-refractivity contribution is -0.137. The number of amides is 10. The number of urea groups is 1. The van der Waals surface area contributed by atoms with Gasteiger partial charge in [0, 0.05) is 36.3 Å². The number of carbonyl (C=O) groups excluding carboxylic acids is 9. The fraction of sp³-hybridized carbons (Fsp3) is 0.763. The van der Waals surface area contributed by atoms with Crippen LogP contribution in [0.5, 0.6) is 0 Å². The lowest BCUT2D eigenvalue weighted by Crippen LogP contribution is -2.58. The monoisotopic (exact) mass is 870 g/mol. The van der Waals surface area contributed by atoms with Gasteiger partial charge in [-0.2, -0.15) is 11.8 Å². The highest BCUT2D eigenvalue weighted by Gasteiger charge is 2.42. The number of unbranched alkanes of at least 4 members (excludes halogenated alkanes) is 2. The third-order valence-corrected chi connectivity index (χ3v) is 11.5. The molecule has 2 heterocycles. The fourth-order valence-corrected chi connectivity index (χ4v) is 8.43. The highest BCUT2D eigenvalue weighted by molar-refractivity contribution is 8.00. The van der Waals surface area contributed by atoms with Gasteiger partial charge in [-0.3, -0.25) is 43.6 Å². The Hall–Kier alpha value is -4.70. The molecule has 2 fully saturated rings. The van der Waals surface area contributed by atoms with Crippen LogP contribution < -0.4 is 53.7 Å². The average molecular weight is 871 g/mol. The third kappa shape index (κ3) is 19.1. The summed E-state index contributed by atoms with van der Waals surface area (Å²) in [6, 6.07) is -3.54. The maximum absolute atomic E-state index is 13.3. The molecule has 0 aromatic carbocycles. The summed E-state index contributed by atoms with van der Waals surface area (Å²) in [7, 11) is 0. The molecule has 0 spiro atoms. The first kappa shape index (κ1) is 51.4. The van der Waals surface area contributed by atoms with Gasteiger partial charge in [0.05, 0.1) is 31.3 Å². The van der Waals surface area contributed by atoms with E-state index in [0.717, 1.165) is 25.0 Å². The summed E-state index contributed by atoms with van der Waals surface area (Å²) in [5.41, 5.74) is 6.96. The smallest absolute Gasteiger partial charge is 0.315 e. The van der Waals surface area contributed by atoms with Gasteiger partial charge in [0.15, 0.2) is 0 Å². The first-order chi connectivity index (χ1) is 28.3. The van der Waals surface area contributed by atoms with Crippen LogP contribution in [0.1, 0.15) is 98.8 Å². The number of aliphatic hydroxyl groups is 1. The third-order valence-electron chi connectivity index (χ3n) is 9.96. The van der Waals surface area contributed by atoms with Crippen LogP contribution in [0.2, 0.25) is 0 Å². The molecule has 1 unspecified atom stereocenters. The number of thioether (sulfide) groups is 1. The standard InChI is InChI=1S/C38H66N10O11S/c1-20(2)14-23(16-29(51)48-59)35(55)44-25(15-21(3)4)36(56)46-32(22(5)49)37(57)42-17-30(52)41-18-31(53)43-24(34(39)54)10-8-9-13-40-28(50)12-7-6-11-27-33-26(19-60-27)45-38(58)47-33/h20-27,32-33,49,59H,6-19H2,1-5H3,(H2,39,54)(H,40,50)(H,41,52)(H,42,57)(H,43,53)(H,44,55)(H,46,56)(H,48,51)(H2,45,47,58)/t22-,23?,24+,25+,26+,27+,32+,33+/m1/s1. The summed E-state index contributed by atoms with van der Waals surface area (Å²) in [5.74, 6) is -5.53. The van der Waals surface area contributed by atoms with Crippen LogP contribution >= 0.6 is 11.8 Å². The molecule has 0 bridgehead atoms. The summed E-state index contributed by atoms with van der Waals surface area (Å²) in [6.45, 7) is 7.74. The maximum Gasteiger partial charge on any atom is 0.315 e. The largest absolute Gasteiger partial charge is 0.391 e. The number of hydroxylamine groups is 1. The van der Waals surface area contributed by atoms with Gasteiger partial charge in [-0.05, 0) is 63.7 Å². The molecule has 0 aliphatic carbocycles. The number of aliphatic hydroxyl groups excluding tert-OH is 1. The summed E-state index contributed by atoms with van der Waals surface area (Å²) < 4.78 is 0. The minimum absolute atomic E-state index is 0.00959. The van der Waals surface area contributed by atoms with Crippen molar-refractivity contribution in [2.24, 2.45) is 23.5 Å². The molecule has 22 heteroatoms. The number of hydrogen-bond donors (Lipinski definition) is 12. The summed E-state index contributed by atoms with van der Waals surface area (Å²) >= 11 is 1.83. The topological polar surface area (TPSA) is 328 Å². The van der Waals surface area contributed by atoms with Crippen LogP contribution in [0.15, 0.2) is 0 Å². The van der Waals surface area contributed by atoms with Gasteiger partial charge in [-0.15, -0.1) is 0 Å². The fourth-order valence-electron chi connectivity index (χ4n) is 6.89. The molecule has 2 aliphatic heterocycles. The summed E-state index contributed by atoms with van der Waals surface area (Å²) in [6.07, 6.45) is 2.75. The molecule has 0 aromatic rings. The first-order valence-corrected chi connectivity index (χ1v) is 21.7. The summed E-state index contributed by atoms with van der Waals surface area (Å²) in [4.78, 5) is 112. The van der Waals surface area contributed by atoms with Crippen LogP contribution in [0, 0.1) is 17.8 Å². The van der Waals surface area contributed by atoms with Crippen LogP contribution in [-0.2, 0) is 38.4 Å². The zero-order valence-electron chi connectivity index (χ0n) is 35.2. The van der Waals surface area contributed by atoms with E-state index in [4.69, 9.17) is 10.9 Å². The Morgan fingerprint density at radius 3 is 2.07 bits per heavy atom. The zero-order valence-corrected chi connectivity index (χ0v) is 36.0. The lowest BCUT2D eigenvalue weighted by atomic mass is 9.92. The van der Waals surface area contributed by atoms with Crippen LogP contribution in [0.25, 0.3) is 0 Å². The number of fused-ring (bicyclic) bond motifs is 1. The van der Waals surface area contributed by atoms with E-state index in [1.54, 1.807) is 13.8 Å². The van der Waals surface area contributed by atoms with Gasteiger partial charge in [0.25, 0.3) is 0 Å². The van der Waals surface area contributed by atoms with Crippen LogP contribution in [0.4, 0.5) is 4.79 Å². The second kappa shape index (κ2) is 26.5. The van der Waals surface area contributed by atoms with E-state index >= 15 is 0 Å². The van der Waals surface area contributed by atoms with Crippen LogP contribution in [-0.4, -0.2) is 131 Å². The quantitative estimate of drug-likeness (QED) is 0.0179. The van der Waals surface area contributed by atoms with Crippen molar-refractivity contribution in [1.82, 2.24) is 48.0 Å². The van der Waals surface area contributed by atoms with E-state index in [9.17, 15) is 48.3 Å². The van der Waals surface area contributed by atoms with Crippen molar-refractivity contribution >= 4 is 65.1 Å². The van der Waals surface area contributed by atoms with Gasteiger partial charge in [0.1, 0.15) is 18.1 Å². The van der Waals surface area contributed by atoms with E-state index in [1.807, 2.05) is 25.6 Å². The molecule has 0 aromatic heterocycles. The zero-order chi connectivity index (χ0) is 44.9. The molecule has 0 saturated carbocycles. The molecule has 340 valence electrons. The Balaban J connectivity index is 1.73. The van der Waals surface area contributed by atoms with E-state index in [0.29, 0.717) is 31.1 Å². The van der Waals surface area contributed by atoms with Crippen molar-refractivity contribution in [3.63, 3.8) is 0 Å². The number of hydrogen-bond acceptors (Lipinski definition) is 12. The van der Waals surface area contributed by atoms with Crippen molar-refractivity contribution in [1.29, 1.82) is 0 Å². The molecular weight excluding hydrogens is 805 g/mol. The van der Waals surface area contributed by atoms with E-state index < -0.39 is 84.6 Å². The molecule has 13 N–H and O–H groups in total. The number of carbonyl (C=O) groups is 9. The van der Waals surface area contributed by atoms with Gasteiger partial charge in [-0.25, -0.2) is 10.3 Å². The average Bonchev–Trinajstić information content (AvgIpc) is 3.73. The van der Waals surface area contributed by atoms with E-state index in [2.05, 4.69) is 42.5 Å². The normalized spacial score (nSPS) is 19.4. The maximum atomic E-state index is 13.3. The minimum atomic E-state index is -1.53. The molecular formula is C38H66N10O11S. The lowest BCUT2D eigenvalue weighted by Gasteiger charge is -2.27. The SMILES string of the molecule is CC(C)CC(CC(=O)NO)C(=O)N[C@@H](CC(C)C)C(=O)N[C@H](C(=O)NCC(=O)NCC(=O)N[C@@H](CCCCNC(=O)CCCC[C@@H]1SC[C@@H]2NC(=O)N[C@@H]21)C(N)=O)[C@@H](C)O. The molecule has 10 amide bonds. The van der Waals surface area contributed by atoms with E-state index in [1.165, 1.54) is 12.4 Å². The Kier molecular flexibility index (Phi) is 22.7. The Bertz CT molecular complexity index is 1500.